The lowest BCUT2D eigenvalue weighted by Gasteiger charge is -2.33. The number of hydrogen-bond acceptors (Lipinski definition) is 3. The van der Waals surface area contributed by atoms with Gasteiger partial charge in [0.25, 0.3) is 0 Å². The minimum atomic E-state index is -0.168. The second-order valence-corrected chi connectivity index (χ2v) is 5.17. The van der Waals surface area contributed by atoms with Gasteiger partial charge in [-0.1, -0.05) is 13.8 Å². The molecule has 0 saturated heterocycles. The Morgan fingerprint density at radius 2 is 2.27 bits per heavy atom. The molecule has 1 aromatic heterocycles. The number of anilines is 1. The van der Waals surface area contributed by atoms with Gasteiger partial charge in [0.2, 0.25) is 0 Å². The van der Waals surface area contributed by atoms with Crippen LogP contribution < -0.4 is 5.32 Å². The second-order valence-electron chi connectivity index (χ2n) is 4.05. The van der Waals surface area contributed by atoms with E-state index < -0.39 is 0 Å². The van der Waals surface area contributed by atoms with Gasteiger partial charge < -0.3 is 5.32 Å². The van der Waals surface area contributed by atoms with Crippen molar-refractivity contribution in [2.45, 2.75) is 26.3 Å². The van der Waals surface area contributed by atoms with Crippen molar-refractivity contribution in [2.75, 3.05) is 11.2 Å². The maximum Gasteiger partial charge on any atom is 0.144 e. The first-order valence-corrected chi connectivity index (χ1v) is 6.12. The number of aromatic nitrogens is 2. The predicted molar refractivity (Wildman–Crippen MR) is 67.3 cm³/mol. The summed E-state index contributed by atoms with van der Waals surface area (Å²) in [7, 11) is 0. The standard InChI is InChI=1S/C10H15BrClN3/c1-7(2)10(3,5-12)15-9-8(11)4-13-6-14-9/h4,6-7H,5H2,1-3H3,(H,13,14,15). The van der Waals surface area contributed by atoms with E-state index in [1.807, 2.05) is 0 Å². The lowest BCUT2D eigenvalue weighted by atomic mass is 9.90. The van der Waals surface area contributed by atoms with E-state index in [-0.39, 0.29) is 5.54 Å². The van der Waals surface area contributed by atoms with Crippen molar-refractivity contribution >= 4 is 33.3 Å². The van der Waals surface area contributed by atoms with Crippen LogP contribution in [0.4, 0.5) is 5.82 Å². The van der Waals surface area contributed by atoms with E-state index in [1.165, 1.54) is 6.33 Å². The highest BCUT2D eigenvalue weighted by molar-refractivity contribution is 9.10. The van der Waals surface area contributed by atoms with Crippen molar-refractivity contribution in [1.82, 2.24) is 9.97 Å². The summed E-state index contributed by atoms with van der Waals surface area (Å²) >= 11 is 9.38. The van der Waals surface area contributed by atoms with Crippen LogP contribution in [0.2, 0.25) is 0 Å². The van der Waals surface area contributed by atoms with Crippen LogP contribution in [0.3, 0.4) is 0 Å². The molecule has 15 heavy (non-hydrogen) atoms. The molecule has 5 heteroatoms. The smallest absolute Gasteiger partial charge is 0.144 e. The highest BCUT2D eigenvalue weighted by atomic mass is 79.9. The molecule has 0 aliphatic heterocycles. The highest BCUT2D eigenvalue weighted by Gasteiger charge is 2.28. The monoisotopic (exact) mass is 291 g/mol. The average molecular weight is 293 g/mol. The molecule has 84 valence electrons. The summed E-state index contributed by atoms with van der Waals surface area (Å²) in [6, 6.07) is 0. The van der Waals surface area contributed by atoms with Crippen LogP contribution in [-0.2, 0) is 0 Å². The van der Waals surface area contributed by atoms with Crippen molar-refractivity contribution in [2.24, 2.45) is 5.92 Å². The SMILES string of the molecule is CC(C)C(C)(CCl)Nc1ncncc1Br. The Hall–Kier alpha value is -0.350. The molecular formula is C10H15BrClN3. The Morgan fingerprint density at radius 1 is 1.60 bits per heavy atom. The zero-order chi connectivity index (χ0) is 11.5. The Labute approximate surface area is 104 Å². The first kappa shape index (κ1) is 12.7. The Kier molecular flexibility index (Phi) is 4.34. The van der Waals surface area contributed by atoms with Gasteiger partial charge in [-0.05, 0) is 28.8 Å². The van der Waals surface area contributed by atoms with Gasteiger partial charge in [0.1, 0.15) is 12.1 Å². The average Bonchev–Trinajstić information content (AvgIpc) is 2.21. The Bertz CT molecular complexity index is 332. The second kappa shape index (κ2) is 5.12. The van der Waals surface area contributed by atoms with Crippen LogP contribution in [0, 0.1) is 5.92 Å². The van der Waals surface area contributed by atoms with E-state index >= 15 is 0 Å². The molecule has 1 N–H and O–H groups in total. The van der Waals surface area contributed by atoms with E-state index in [2.05, 4.69) is 52.0 Å². The van der Waals surface area contributed by atoms with Crippen LogP contribution in [0.25, 0.3) is 0 Å². The minimum Gasteiger partial charge on any atom is -0.362 e. The van der Waals surface area contributed by atoms with Crippen molar-refractivity contribution in [3.05, 3.63) is 17.0 Å². The zero-order valence-electron chi connectivity index (χ0n) is 9.09. The van der Waals surface area contributed by atoms with Crippen LogP contribution in [0.5, 0.6) is 0 Å². The quantitative estimate of drug-likeness (QED) is 0.865. The summed E-state index contributed by atoms with van der Waals surface area (Å²) in [5.74, 6) is 1.72. The molecule has 1 unspecified atom stereocenters. The molecule has 0 spiro atoms. The molecule has 0 aromatic carbocycles. The van der Waals surface area contributed by atoms with Crippen LogP contribution in [0.15, 0.2) is 17.0 Å². The third-order valence-corrected chi connectivity index (χ3v) is 3.76. The molecule has 1 heterocycles. The summed E-state index contributed by atoms with van der Waals surface area (Å²) in [6.07, 6.45) is 3.23. The van der Waals surface area contributed by atoms with Crippen molar-refractivity contribution in [3.8, 4) is 0 Å². The van der Waals surface area contributed by atoms with Gasteiger partial charge in [-0.25, -0.2) is 9.97 Å². The normalized spacial score (nSPS) is 15.1. The van der Waals surface area contributed by atoms with E-state index in [1.54, 1.807) is 6.20 Å². The molecule has 0 amide bonds. The molecule has 1 atom stereocenters. The van der Waals surface area contributed by atoms with Crippen LogP contribution in [0.1, 0.15) is 20.8 Å². The molecular weight excluding hydrogens is 277 g/mol. The summed E-state index contributed by atoms with van der Waals surface area (Å²) in [6.45, 7) is 6.34. The number of nitrogens with one attached hydrogen (secondary N) is 1. The van der Waals surface area contributed by atoms with E-state index in [4.69, 9.17) is 11.6 Å². The fourth-order valence-electron chi connectivity index (χ4n) is 1.01. The maximum atomic E-state index is 5.98. The summed E-state index contributed by atoms with van der Waals surface area (Å²) in [5.41, 5.74) is -0.168. The molecule has 1 rings (SSSR count). The lowest BCUT2D eigenvalue weighted by molar-refractivity contribution is 0.411. The van der Waals surface area contributed by atoms with Crippen LogP contribution in [-0.4, -0.2) is 21.4 Å². The number of halogens is 2. The first-order chi connectivity index (χ1) is 6.99. The lowest BCUT2D eigenvalue weighted by Crippen LogP contribution is -2.42. The van der Waals surface area contributed by atoms with E-state index in [0.29, 0.717) is 11.8 Å². The fraction of sp³-hybridized carbons (Fsp3) is 0.600. The molecule has 3 nitrogen and oxygen atoms in total. The van der Waals surface area contributed by atoms with Gasteiger partial charge >= 0.3 is 0 Å². The summed E-state index contributed by atoms with van der Waals surface area (Å²) < 4.78 is 0.849. The third-order valence-electron chi connectivity index (χ3n) is 2.62. The highest BCUT2D eigenvalue weighted by Crippen LogP contribution is 2.26. The van der Waals surface area contributed by atoms with Crippen molar-refractivity contribution < 1.29 is 0 Å². The van der Waals surface area contributed by atoms with Gasteiger partial charge in [-0.2, -0.15) is 0 Å². The molecule has 0 saturated carbocycles. The minimum absolute atomic E-state index is 0.168. The Morgan fingerprint density at radius 3 is 2.73 bits per heavy atom. The molecule has 0 radical (unpaired) electrons. The number of rotatable bonds is 4. The molecule has 0 fully saturated rings. The van der Waals surface area contributed by atoms with Crippen LogP contribution >= 0.6 is 27.5 Å². The molecule has 0 bridgehead atoms. The van der Waals surface area contributed by atoms with Gasteiger partial charge in [0.15, 0.2) is 0 Å². The zero-order valence-corrected chi connectivity index (χ0v) is 11.4. The fourth-order valence-corrected chi connectivity index (χ4v) is 1.70. The van der Waals surface area contributed by atoms with Gasteiger partial charge in [0, 0.05) is 12.1 Å². The topological polar surface area (TPSA) is 37.8 Å². The third kappa shape index (κ3) is 3.05. The molecule has 0 aliphatic rings. The van der Waals surface area contributed by atoms with Gasteiger partial charge in [0.05, 0.1) is 10.0 Å². The van der Waals surface area contributed by atoms with Crippen molar-refractivity contribution in [3.63, 3.8) is 0 Å². The van der Waals surface area contributed by atoms with E-state index in [0.717, 1.165) is 10.3 Å². The Balaban J connectivity index is 2.89. The summed E-state index contributed by atoms with van der Waals surface area (Å²) in [5, 5.41) is 3.34. The van der Waals surface area contributed by atoms with E-state index in [9.17, 15) is 0 Å². The van der Waals surface area contributed by atoms with Gasteiger partial charge in [-0.3, -0.25) is 0 Å². The predicted octanol–water partition coefficient (Wildman–Crippen LogP) is 3.30. The number of alkyl halides is 1. The van der Waals surface area contributed by atoms with Gasteiger partial charge in [-0.15, -0.1) is 11.6 Å². The maximum absolute atomic E-state index is 5.98. The number of nitrogens with zero attached hydrogens (tertiary/aromatic N) is 2. The molecule has 0 aliphatic carbocycles. The number of hydrogen-bond donors (Lipinski definition) is 1. The first-order valence-electron chi connectivity index (χ1n) is 4.79. The largest absolute Gasteiger partial charge is 0.362 e. The molecule has 1 aromatic rings. The summed E-state index contributed by atoms with van der Waals surface area (Å²) in [4.78, 5) is 8.08. The van der Waals surface area contributed by atoms with Crippen molar-refractivity contribution in [1.29, 1.82) is 0 Å².